The van der Waals surface area contributed by atoms with E-state index in [9.17, 15) is 13.2 Å². The van der Waals surface area contributed by atoms with Crippen LogP contribution in [-0.4, -0.2) is 36.6 Å². The van der Waals surface area contributed by atoms with Gasteiger partial charge in [0.25, 0.3) is 0 Å². The molecule has 2 heterocycles. The molecule has 0 fully saturated rings. The number of fused-ring (bicyclic) bond motifs is 1. The maximum absolute atomic E-state index is 11.6. The molecule has 0 aliphatic heterocycles. The number of nitrogens with zero attached hydrogens (tertiary/aromatic N) is 2. The molecule has 0 atom stereocenters. The third-order valence-electron chi connectivity index (χ3n) is 2.72. The highest BCUT2D eigenvalue weighted by molar-refractivity contribution is 9.10. The standard InChI is InChI=1S/C12H13BrN2O4S/c1-8(16)19-6-4-10-11-7-9(20(2,17)18)3-5-15(11)12(13)14-10/h3,5,7H,4,6H2,1-2H3. The van der Waals surface area contributed by atoms with Crippen molar-refractivity contribution in [1.82, 2.24) is 9.38 Å². The van der Waals surface area contributed by atoms with Gasteiger partial charge in [0.1, 0.15) is 0 Å². The summed E-state index contributed by atoms with van der Waals surface area (Å²) >= 11 is 3.31. The number of carbonyl (C=O) groups excluding carboxylic acids is 1. The zero-order valence-corrected chi connectivity index (χ0v) is 13.4. The molecule has 2 aromatic rings. The van der Waals surface area contributed by atoms with Crippen molar-refractivity contribution in [2.24, 2.45) is 0 Å². The van der Waals surface area contributed by atoms with Gasteiger partial charge in [0, 0.05) is 25.8 Å². The number of carbonyl (C=O) groups is 1. The number of rotatable bonds is 4. The Balaban J connectivity index is 2.41. The van der Waals surface area contributed by atoms with Gasteiger partial charge in [-0.15, -0.1) is 0 Å². The molecule has 0 saturated carbocycles. The maximum atomic E-state index is 11.6. The van der Waals surface area contributed by atoms with Crippen LogP contribution in [0.4, 0.5) is 0 Å². The number of aromatic nitrogens is 2. The van der Waals surface area contributed by atoms with E-state index in [0.29, 0.717) is 22.4 Å². The highest BCUT2D eigenvalue weighted by Crippen LogP contribution is 2.21. The smallest absolute Gasteiger partial charge is 0.302 e. The van der Waals surface area contributed by atoms with E-state index in [1.807, 2.05) is 0 Å². The lowest BCUT2D eigenvalue weighted by molar-refractivity contribution is -0.140. The minimum absolute atomic E-state index is 0.206. The largest absolute Gasteiger partial charge is 0.465 e. The number of hydrogen-bond acceptors (Lipinski definition) is 5. The van der Waals surface area contributed by atoms with E-state index in [0.717, 1.165) is 6.26 Å². The van der Waals surface area contributed by atoms with Crippen LogP contribution in [0.1, 0.15) is 12.6 Å². The molecule has 0 radical (unpaired) electrons. The number of imidazole rings is 1. The van der Waals surface area contributed by atoms with Crippen molar-refractivity contribution in [3.05, 3.63) is 28.8 Å². The Labute approximate surface area is 124 Å². The van der Waals surface area contributed by atoms with E-state index in [1.54, 1.807) is 16.7 Å². The number of ether oxygens (including phenoxy) is 1. The van der Waals surface area contributed by atoms with Crippen LogP contribution in [-0.2, 0) is 25.8 Å². The van der Waals surface area contributed by atoms with E-state index in [4.69, 9.17) is 4.74 Å². The van der Waals surface area contributed by atoms with E-state index in [2.05, 4.69) is 20.9 Å². The number of halogens is 1. The van der Waals surface area contributed by atoms with Crippen LogP contribution in [0.25, 0.3) is 5.52 Å². The summed E-state index contributed by atoms with van der Waals surface area (Å²) < 4.78 is 30.4. The summed E-state index contributed by atoms with van der Waals surface area (Å²) in [6, 6.07) is 3.08. The van der Waals surface area contributed by atoms with Gasteiger partial charge in [-0.25, -0.2) is 13.4 Å². The third kappa shape index (κ3) is 3.18. The van der Waals surface area contributed by atoms with Crippen LogP contribution in [0.3, 0.4) is 0 Å². The molecule has 0 N–H and O–H groups in total. The van der Waals surface area contributed by atoms with Gasteiger partial charge in [-0.1, -0.05) is 0 Å². The molecule has 6 nitrogen and oxygen atoms in total. The predicted octanol–water partition coefficient (Wildman–Crippen LogP) is 1.61. The highest BCUT2D eigenvalue weighted by Gasteiger charge is 2.14. The highest BCUT2D eigenvalue weighted by atomic mass is 79.9. The van der Waals surface area contributed by atoms with E-state index < -0.39 is 9.84 Å². The van der Waals surface area contributed by atoms with Gasteiger partial charge in [0.05, 0.1) is 22.7 Å². The number of hydrogen-bond donors (Lipinski definition) is 0. The van der Waals surface area contributed by atoms with Crippen LogP contribution in [0, 0.1) is 0 Å². The minimum atomic E-state index is -3.28. The van der Waals surface area contributed by atoms with Crippen molar-refractivity contribution >= 4 is 37.3 Å². The molecule has 0 bridgehead atoms. The van der Waals surface area contributed by atoms with Crippen LogP contribution in [0.15, 0.2) is 28.0 Å². The van der Waals surface area contributed by atoms with Gasteiger partial charge in [-0.3, -0.25) is 9.20 Å². The van der Waals surface area contributed by atoms with Crippen LogP contribution >= 0.6 is 15.9 Å². The first kappa shape index (κ1) is 15.0. The molecule has 0 saturated heterocycles. The molecule has 108 valence electrons. The third-order valence-corrected chi connectivity index (χ3v) is 4.39. The zero-order chi connectivity index (χ0) is 14.9. The monoisotopic (exact) mass is 360 g/mol. The lowest BCUT2D eigenvalue weighted by Crippen LogP contribution is -2.04. The zero-order valence-electron chi connectivity index (χ0n) is 11.0. The summed E-state index contributed by atoms with van der Waals surface area (Å²) in [4.78, 5) is 15.3. The fraction of sp³-hybridized carbons (Fsp3) is 0.333. The van der Waals surface area contributed by atoms with Gasteiger partial charge in [0.15, 0.2) is 14.6 Å². The summed E-state index contributed by atoms with van der Waals surface area (Å²) in [6.07, 6.45) is 3.21. The summed E-state index contributed by atoms with van der Waals surface area (Å²) in [6.45, 7) is 1.54. The molecule has 8 heteroatoms. The van der Waals surface area contributed by atoms with Gasteiger partial charge >= 0.3 is 5.97 Å². The van der Waals surface area contributed by atoms with E-state index in [-0.39, 0.29) is 17.5 Å². The molecule has 0 amide bonds. The summed E-state index contributed by atoms with van der Waals surface area (Å²) in [5.74, 6) is -0.357. The molecule has 0 aliphatic carbocycles. The fourth-order valence-corrected chi connectivity index (χ4v) is 2.95. The summed E-state index contributed by atoms with van der Waals surface area (Å²) in [5, 5.41) is 0. The molecule has 2 rings (SSSR count). The predicted molar refractivity (Wildman–Crippen MR) is 76.3 cm³/mol. The van der Waals surface area contributed by atoms with Crippen molar-refractivity contribution < 1.29 is 17.9 Å². The molecule has 0 aliphatic rings. The second kappa shape index (κ2) is 5.53. The minimum Gasteiger partial charge on any atom is -0.465 e. The maximum Gasteiger partial charge on any atom is 0.302 e. The fourth-order valence-electron chi connectivity index (χ4n) is 1.79. The van der Waals surface area contributed by atoms with Gasteiger partial charge in [-0.05, 0) is 28.1 Å². The first-order valence-electron chi connectivity index (χ1n) is 5.79. The Morgan fingerprint density at radius 2 is 2.20 bits per heavy atom. The molecule has 20 heavy (non-hydrogen) atoms. The second-order valence-corrected chi connectivity index (χ2v) is 7.03. The summed E-state index contributed by atoms with van der Waals surface area (Å²) in [7, 11) is -3.28. The molecule has 0 spiro atoms. The second-order valence-electron chi connectivity index (χ2n) is 4.31. The SMILES string of the molecule is CC(=O)OCCc1nc(Br)n2ccc(S(C)(=O)=O)cc12. The molecular formula is C12H13BrN2O4S. The number of sulfone groups is 1. The average molecular weight is 361 g/mol. The van der Waals surface area contributed by atoms with Crippen LogP contribution in [0.2, 0.25) is 0 Å². The number of pyridine rings is 1. The average Bonchev–Trinajstić information content (AvgIpc) is 2.65. The van der Waals surface area contributed by atoms with Crippen molar-refractivity contribution in [1.29, 1.82) is 0 Å². The van der Waals surface area contributed by atoms with Crippen LogP contribution < -0.4 is 0 Å². The normalized spacial score (nSPS) is 11.8. The topological polar surface area (TPSA) is 77.7 Å². The Kier molecular flexibility index (Phi) is 4.14. The van der Waals surface area contributed by atoms with Crippen molar-refractivity contribution in [3.63, 3.8) is 0 Å². The first-order valence-corrected chi connectivity index (χ1v) is 8.47. The lowest BCUT2D eigenvalue weighted by Gasteiger charge is -2.03. The Bertz CT molecular complexity index is 767. The Morgan fingerprint density at radius 1 is 1.50 bits per heavy atom. The molecule has 2 aromatic heterocycles. The van der Waals surface area contributed by atoms with E-state index in [1.165, 1.54) is 13.0 Å². The van der Waals surface area contributed by atoms with Crippen molar-refractivity contribution in [2.75, 3.05) is 12.9 Å². The quantitative estimate of drug-likeness (QED) is 0.774. The van der Waals surface area contributed by atoms with Crippen molar-refractivity contribution in [2.45, 2.75) is 18.2 Å². The molecule has 0 unspecified atom stereocenters. The summed E-state index contributed by atoms with van der Waals surface area (Å²) in [5.41, 5.74) is 1.34. The van der Waals surface area contributed by atoms with Gasteiger partial charge < -0.3 is 4.74 Å². The van der Waals surface area contributed by atoms with Gasteiger partial charge in [0.2, 0.25) is 0 Å². The number of esters is 1. The Hall–Kier alpha value is -1.41. The lowest BCUT2D eigenvalue weighted by atomic mass is 10.2. The molecular weight excluding hydrogens is 348 g/mol. The Morgan fingerprint density at radius 3 is 2.80 bits per heavy atom. The van der Waals surface area contributed by atoms with E-state index >= 15 is 0 Å². The van der Waals surface area contributed by atoms with Crippen molar-refractivity contribution in [3.8, 4) is 0 Å². The van der Waals surface area contributed by atoms with Gasteiger partial charge in [-0.2, -0.15) is 0 Å². The first-order chi connectivity index (χ1) is 9.29. The van der Waals surface area contributed by atoms with Crippen LogP contribution in [0.5, 0.6) is 0 Å². The molecule has 0 aromatic carbocycles.